The molecule has 2 amide bonds. The number of halogens is 2. The molecular formula is C15H14Cl2N4O. The Balaban J connectivity index is 1.61. The van der Waals surface area contributed by atoms with E-state index in [0.29, 0.717) is 21.9 Å². The topological polar surface area (TPSA) is 66.0 Å². The zero-order chi connectivity index (χ0) is 15.5. The van der Waals surface area contributed by atoms with Gasteiger partial charge in [0.05, 0.1) is 11.9 Å². The molecule has 0 aliphatic heterocycles. The number of carbonyl (C=O) groups excluding carboxylic acids is 1. The Morgan fingerprint density at radius 2 is 1.82 bits per heavy atom. The lowest BCUT2D eigenvalue weighted by atomic mass is 10.3. The molecule has 0 spiro atoms. The van der Waals surface area contributed by atoms with Crippen LogP contribution >= 0.6 is 23.2 Å². The highest BCUT2D eigenvalue weighted by atomic mass is 35.5. The number of benzene rings is 1. The molecule has 114 valence electrons. The monoisotopic (exact) mass is 336 g/mol. The maximum absolute atomic E-state index is 11.6. The summed E-state index contributed by atoms with van der Waals surface area (Å²) in [5.41, 5.74) is 1.54. The summed E-state index contributed by atoms with van der Waals surface area (Å²) in [5.74, 6) is 0.493. The van der Waals surface area contributed by atoms with Crippen LogP contribution in [0.1, 0.15) is 12.8 Å². The first kappa shape index (κ1) is 14.9. The van der Waals surface area contributed by atoms with Crippen LogP contribution in [0.25, 0.3) is 0 Å². The molecule has 5 nitrogen and oxygen atoms in total. The van der Waals surface area contributed by atoms with E-state index in [1.165, 1.54) is 0 Å². The minimum absolute atomic E-state index is 0.225. The van der Waals surface area contributed by atoms with Gasteiger partial charge < -0.3 is 10.6 Å². The van der Waals surface area contributed by atoms with E-state index in [4.69, 9.17) is 23.2 Å². The number of nitrogens with zero attached hydrogens (tertiary/aromatic N) is 1. The van der Waals surface area contributed by atoms with E-state index < -0.39 is 0 Å². The highest BCUT2D eigenvalue weighted by Crippen LogP contribution is 2.25. The average molecular weight is 337 g/mol. The van der Waals surface area contributed by atoms with Crippen LogP contribution in [0.2, 0.25) is 10.0 Å². The van der Waals surface area contributed by atoms with Crippen LogP contribution in [0.3, 0.4) is 0 Å². The van der Waals surface area contributed by atoms with Crippen molar-refractivity contribution >= 4 is 46.4 Å². The number of hydrogen-bond acceptors (Lipinski definition) is 3. The molecule has 0 bridgehead atoms. The van der Waals surface area contributed by atoms with Crippen molar-refractivity contribution in [2.75, 3.05) is 10.6 Å². The Hall–Kier alpha value is -1.98. The van der Waals surface area contributed by atoms with E-state index in [2.05, 4.69) is 20.9 Å². The van der Waals surface area contributed by atoms with Gasteiger partial charge in [-0.15, -0.1) is 0 Å². The molecule has 2 aromatic rings. The van der Waals surface area contributed by atoms with E-state index in [-0.39, 0.29) is 6.03 Å². The first-order valence-electron chi connectivity index (χ1n) is 6.85. The molecule has 1 fully saturated rings. The van der Waals surface area contributed by atoms with Crippen molar-refractivity contribution in [3.8, 4) is 0 Å². The number of rotatable bonds is 4. The molecule has 0 atom stereocenters. The Morgan fingerprint density at radius 3 is 2.41 bits per heavy atom. The van der Waals surface area contributed by atoms with Crippen molar-refractivity contribution in [3.63, 3.8) is 0 Å². The molecule has 1 aliphatic carbocycles. The molecule has 3 rings (SSSR count). The number of hydrogen-bond donors (Lipinski definition) is 3. The Labute approximate surface area is 138 Å². The first-order chi connectivity index (χ1) is 10.6. The Morgan fingerprint density at radius 1 is 1.09 bits per heavy atom. The molecular weight excluding hydrogens is 323 g/mol. The molecule has 7 heteroatoms. The normalized spacial score (nSPS) is 13.5. The van der Waals surface area contributed by atoms with Gasteiger partial charge in [0.15, 0.2) is 0 Å². The third-order valence-electron chi connectivity index (χ3n) is 3.07. The van der Waals surface area contributed by atoms with E-state index in [1.807, 2.05) is 6.07 Å². The second kappa shape index (κ2) is 6.42. The van der Waals surface area contributed by atoms with Gasteiger partial charge in [-0.05, 0) is 43.2 Å². The molecule has 1 aliphatic rings. The Kier molecular flexibility index (Phi) is 4.36. The fourth-order valence-electron chi connectivity index (χ4n) is 1.90. The molecule has 0 unspecified atom stereocenters. The fourth-order valence-corrected chi connectivity index (χ4v) is 2.43. The van der Waals surface area contributed by atoms with E-state index in [0.717, 1.165) is 24.2 Å². The minimum atomic E-state index is -0.225. The first-order valence-corrected chi connectivity index (χ1v) is 7.61. The number of anilines is 3. The molecule has 1 saturated carbocycles. The molecule has 3 N–H and O–H groups in total. The van der Waals surface area contributed by atoms with Crippen molar-refractivity contribution in [2.45, 2.75) is 18.9 Å². The van der Waals surface area contributed by atoms with Crippen LogP contribution in [-0.4, -0.2) is 17.1 Å². The standard InChI is InChI=1S/C15H14Cl2N4O/c16-9-5-10(17)7-13(6-9)19-12-3-4-14(18-8-12)21-15(22)20-11-1-2-11/h3-8,11,19H,1-2H2,(H2,18,20,21,22). The number of carbonyl (C=O) groups is 1. The van der Waals surface area contributed by atoms with Gasteiger partial charge in [0.2, 0.25) is 0 Å². The fraction of sp³-hybridized carbons (Fsp3) is 0.200. The summed E-state index contributed by atoms with van der Waals surface area (Å²) in [6, 6.07) is 8.82. The maximum Gasteiger partial charge on any atom is 0.320 e. The van der Waals surface area contributed by atoms with Crippen LogP contribution in [0, 0.1) is 0 Å². The summed E-state index contributed by atoms with van der Waals surface area (Å²) in [6.07, 6.45) is 3.72. The van der Waals surface area contributed by atoms with Gasteiger partial charge in [-0.1, -0.05) is 23.2 Å². The maximum atomic E-state index is 11.6. The lowest BCUT2D eigenvalue weighted by Crippen LogP contribution is -2.30. The summed E-state index contributed by atoms with van der Waals surface area (Å²) < 4.78 is 0. The van der Waals surface area contributed by atoms with Gasteiger partial charge in [-0.2, -0.15) is 0 Å². The van der Waals surface area contributed by atoms with Crippen LogP contribution in [0.15, 0.2) is 36.5 Å². The second-order valence-corrected chi connectivity index (χ2v) is 5.96. The quantitative estimate of drug-likeness (QED) is 0.774. The molecule has 1 aromatic carbocycles. The zero-order valence-electron chi connectivity index (χ0n) is 11.6. The predicted octanol–water partition coefficient (Wildman–Crippen LogP) is 4.42. The van der Waals surface area contributed by atoms with Gasteiger partial charge in [0.1, 0.15) is 5.82 Å². The van der Waals surface area contributed by atoms with Crippen molar-refractivity contribution in [2.24, 2.45) is 0 Å². The molecule has 0 radical (unpaired) electrons. The van der Waals surface area contributed by atoms with Crippen molar-refractivity contribution in [3.05, 3.63) is 46.6 Å². The summed E-state index contributed by atoms with van der Waals surface area (Å²) in [6.45, 7) is 0. The van der Waals surface area contributed by atoms with Crippen LogP contribution in [-0.2, 0) is 0 Å². The number of pyridine rings is 1. The minimum Gasteiger partial charge on any atom is -0.354 e. The van der Waals surface area contributed by atoms with Crippen molar-refractivity contribution < 1.29 is 4.79 Å². The lowest BCUT2D eigenvalue weighted by molar-refractivity contribution is 0.251. The highest BCUT2D eigenvalue weighted by Gasteiger charge is 2.23. The Bertz CT molecular complexity index is 666. The highest BCUT2D eigenvalue weighted by molar-refractivity contribution is 6.35. The summed E-state index contributed by atoms with van der Waals surface area (Å²) in [7, 11) is 0. The summed E-state index contributed by atoms with van der Waals surface area (Å²) in [5, 5.41) is 9.78. The molecule has 22 heavy (non-hydrogen) atoms. The summed E-state index contributed by atoms with van der Waals surface area (Å²) in [4.78, 5) is 15.8. The summed E-state index contributed by atoms with van der Waals surface area (Å²) >= 11 is 11.9. The van der Waals surface area contributed by atoms with Gasteiger partial charge in [0.25, 0.3) is 0 Å². The van der Waals surface area contributed by atoms with E-state index in [9.17, 15) is 4.79 Å². The second-order valence-electron chi connectivity index (χ2n) is 5.09. The smallest absolute Gasteiger partial charge is 0.320 e. The number of amides is 2. The van der Waals surface area contributed by atoms with Crippen molar-refractivity contribution in [1.29, 1.82) is 0 Å². The molecule has 0 saturated heterocycles. The van der Waals surface area contributed by atoms with Gasteiger partial charge in [-0.25, -0.2) is 9.78 Å². The van der Waals surface area contributed by atoms with Crippen LogP contribution in [0.5, 0.6) is 0 Å². The molecule has 1 heterocycles. The average Bonchev–Trinajstić information content (AvgIpc) is 3.23. The van der Waals surface area contributed by atoms with Crippen LogP contribution in [0.4, 0.5) is 22.0 Å². The third-order valence-corrected chi connectivity index (χ3v) is 3.51. The largest absolute Gasteiger partial charge is 0.354 e. The number of aromatic nitrogens is 1. The zero-order valence-corrected chi connectivity index (χ0v) is 13.1. The van der Waals surface area contributed by atoms with E-state index in [1.54, 1.807) is 30.5 Å². The van der Waals surface area contributed by atoms with Gasteiger partial charge in [-0.3, -0.25) is 5.32 Å². The molecule has 1 aromatic heterocycles. The van der Waals surface area contributed by atoms with Crippen LogP contribution < -0.4 is 16.0 Å². The van der Waals surface area contributed by atoms with Gasteiger partial charge >= 0.3 is 6.03 Å². The third kappa shape index (κ3) is 4.26. The number of nitrogens with one attached hydrogen (secondary N) is 3. The lowest BCUT2D eigenvalue weighted by Gasteiger charge is -2.09. The predicted molar refractivity (Wildman–Crippen MR) is 89.2 cm³/mol. The van der Waals surface area contributed by atoms with Crippen molar-refractivity contribution in [1.82, 2.24) is 10.3 Å². The number of urea groups is 1. The SMILES string of the molecule is O=C(Nc1ccc(Nc2cc(Cl)cc(Cl)c2)cn1)NC1CC1. The van der Waals surface area contributed by atoms with Gasteiger partial charge in [0, 0.05) is 21.8 Å². The van der Waals surface area contributed by atoms with E-state index >= 15 is 0 Å².